The normalized spacial score (nSPS) is 32.8. The molecule has 4 saturated heterocycles. The first-order valence-electron chi connectivity index (χ1n) is 18.0. The number of hydrogen-bond acceptors (Lipinski definition) is 10. The molecule has 2 amide bonds. The molecule has 5 aliphatic rings. The standard InChI is InChI=1S/C37H51N3O10/c1-20(2)17-28(32(43)40-29(33(44)45-6)18-23-19-38-27-10-8-7-9-24(23)27)39-30(41)13-14-31(42)46-34-22(4)26-12-11-21(3)25-15-16-36(5)48-35(47-34)37(25,26)50-49-36/h7-10,19-22,25-26,28-29,34-35,38H,11-18H2,1-6H3,(H,39,41)(H,40,43)/t21-,22-,25+,26+,28+,29+,34-,35-,36-,37-/m1/s1. The van der Waals surface area contributed by atoms with Crippen molar-refractivity contribution in [1.29, 1.82) is 0 Å². The largest absolute Gasteiger partial charge is 0.467 e. The van der Waals surface area contributed by atoms with Crippen LogP contribution in [0.5, 0.6) is 0 Å². The molecule has 13 heteroatoms. The monoisotopic (exact) mass is 697 g/mol. The summed E-state index contributed by atoms with van der Waals surface area (Å²) in [6.07, 6.45) is 3.74. The summed E-state index contributed by atoms with van der Waals surface area (Å²) in [4.78, 5) is 67.7. The van der Waals surface area contributed by atoms with E-state index in [1.54, 1.807) is 6.20 Å². The van der Waals surface area contributed by atoms with Crippen LogP contribution < -0.4 is 10.6 Å². The van der Waals surface area contributed by atoms with Crippen LogP contribution in [0.15, 0.2) is 30.5 Å². The van der Waals surface area contributed by atoms with Gasteiger partial charge in [-0.2, -0.15) is 0 Å². The van der Waals surface area contributed by atoms with Gasteiger partial charge in [0.05, 0.1) is 13.5 Å². The lowest BCUT2D eigenvalue weighted by Crippen LogP contribution is -2.70. The van der Waals surface area contributed by atoms with Gasteiger partial charge in [0, 0.05) is 48.2 Å². The molecule has 2 aromatic rings. The van der Waals surface area contributed by atoms with Crippen LogP contribution in [0.25, 0.3) is 10.9 Å². The third-order valence-corrected chi connectivity index (χ3v) is 11.2. The van der Waals surface area contributed by atoms with E-state index in [9.17, 15) is 19.2 Å². The van der Waals surface area contributed by atoms with E-state index in [2.05, 4.69) is 22.5 Å². The second kappa shape index (κ2) is 14.6. The molecule has 5 heterocycles. The van der Waals surface area contributed by atoms with Gasteiger partial charge in [0.15, 0.2) is 11.9 Å². The van der Waals surface area contributed by atoms with E-state index in [4.69, 9.17) is 28.7 Å². The number of ether oxygens (including phenoxy) is 4. The zero-order valence-electron chi connectivity index (χ0n) is 29.8. The first-order valence-corrected chi connectivity index (χ1v) is 18.0. The number of esters is 2. The van der Waals surface area contributed by atoms with Gasteiger partial charge in [-0.15, -0.1) is 0 Å². The highest BCUT2D eigenvalue weighted by molar-refractivity contribution is 5.92. The number of fused-ring (bicyclic) bond motifs is 3. The number of H-pyrrole nitrogens is 1. The summed E-state index contributed by atoms with van der Waals surface area (Å²) < 4.78 is 23.5. The van der Waals surface area contributed by atoms with Crippen molar-refractivity contribution in [3.8, 4) is 0 Å². The SMILES string of the molecule is COC(=O)[C@H](Cc1c[nH]c2ccccc12)NC(=O)[C@H](CC(C)C)NC(=O)CCC(=O)O[C@@H]1O[C@@H]2O[C@@]3(C)CC[C@H]4[C@H](C)CC[C@@H]([C@H]1C)[C@@]24OO3. The van der Waals surface area contributed by atoms with Crippen molar-refractivity contribution >= 4 is 34.7 Å². The number of rotatable bonds is 12. The van der Waals surface area contributed by atoms with E-state index < -0.39 is 59.8 Å². The number of para-hydroxylation sites is 1. The Labute approximate surface area is 292 Å². The van der Waals surface area contributed by atoms with Gasteiger partial charge in [-0.05, 0) is 62.0 Å². The number of aromatic amines is 1. The van der Waals surface area contributed by atoms with Crippen LogP contribution in [0.3, 0.4) is 0 Å². The minimum Gasteiger partial charge on any atom is -0.467 e. The maximum atomic E-state index is 13.5. The Hall–Kier alpha value is -3.52. The number of nitrogens with one attached hydrogen (secondary N) is 3. The lowest BCUT2D eigenvalue weighted by Gasteiger charge is -2.59. The quantitative estimate of drug-likeness (QED) is 0.214. The smallest absolute Gasteiger partial charge is 0.328 e. The lowest BCUT2D eigenvalue weighted by atomic mass is 9.58. The van der Waals surface area contributed by atoms with Crippen LogP contribution in [0, 0.1) is 29.6 Å². The van der Waals surface area contributed by atoms with Crippen molar-refractivity contribution in [1.82, 2.24) is 15.6 Å². The minimum atomic E-state index is -0.972. The summed E-state index contributed by atoms with van der Waals surface area (Å²) in [6.45, 7) is 9.92. The summed E-state index contributed by atoms with van der Waals surface area (Å²) in [5, 5.41) is 6.49. The van der Waals surface area contributed by atoms with Gasteiger partial charge in [-0.1, -0.05) is 45.9 Å². The molecule has 1 aliphatic carbocycles. The van der Waals surface area contributed by atoms with Crippen LogP contribution in [-0.4, -0.2) is 71.9 Å². The third-order valence-electron chi connectivity index (χ3n) is 11.2. The van der Waals surface area contributed by atoms with Gasteiger partial charge < -0.3 is 34.6 Å². The maximum Gasteiger partial charge on any atom is 0.328 e. The van der Waals surface area contributed by atoms with Crippen LogP contribution in [0.4, 0.5) is 0 Å². The fraction of sp³-hybridized carbons (Fsp3) is 0.676. The molecule has 1 aromatic carbocycles. The van der Waals surface area contributed by atoms with Crippen molar-refractivity contribution in [3.63, 3.8) is 0 Å². The molecule has 1 spiro atoms. The number of amides is 2. The van der Waals surface area contributed by atoms with Gasteiger partial charge >= 0.3 is 11.9 Å². The number of hydrogen-bond donors (Lipinski definition) is 3. The van der Waals surface area contributed by atoms with Crippen molar-refractivity contribution in [2.75, 3.05) is 7.11 Å². The third kappa shape index (κ3) is 7.15. The lowest BCUT2D eigenvalue weighted by molar-refractivity contribution is -0.576. The predicted octanol–water partition coefficient (Wildman–Crippen LogP) is 4.43. The fourth-order valence-corrected chi connectivity index (χ4v) is 8.51. The van der Waals surface area contributed by atoms with Gasteiger partial charge in [-0.3, -0.25) is 14.4 Å². The summed E-state index contributed by atoms with van der Waals surface area (Å²) in [6, 6.07) is 5.77. The molecule has 1 aromatic heterocycles. The average molecular weight is 698 g/mol. The van der Waals surface area contributed by atoms with Crippen molar-refractivity contribution < 1.29 is 47.9 Å². The summed E-state index contributed by atoms with van der Waals surface area (Å²) in [5.74, 6) is -2.70. The predicted molar refractivity (Wildman–Crippen MR) is 179 cm³/mol. The van der Waals surface area contributed by atoms with Crippen LogP contribution in [0.2, 0.25) is 0 Å². The Morgan fingerprint density at radius 1 is 1.00 bits per heavy atom. The van der Waals surface area contributed by atoms with E-state index in [1.165, 1.54) is 7.11 Å². The Balaban J connectivity index is 1.05. The number of benzene rings is 1. The van der Waals surface area contributed by atoms with Crippen molar-refractivity contribution in [2.24, 2.45) is 29.6 Å². The minimum absolute atomic E-state index is 0.00807. The van der Waals surface area contributed by atoms with Crippen molar-refractivity contribution in [2.45, 2.75) is 122 Å². The molecule has 7 rings (SSSR count). The highest BCUT2D eigenvalue weighted by atomic mass is 17.3. The van der Waals surface area contributed by atoms with Gasteiger partial charge in [0.1, 0.15) is 12.1 Å². The van der Waals surface area contributed by atoms with Gasteiger partial charge in [0.25, 0.3) is 0 Å². The van der Waals surface area contributed by atoms with Crippen molar-refractivity contribution in [3.05, 3.63) is 36.0 Å². The van der Waals surface area contributed by atoms with E-state index in [0.29, 0.717) is 18.8 Å². The maximum absolute atomic E-state index is 13.5. The Morgan fingerprint density at radius 3 is 2.54 bits per heavy atom. The zero-order chi connectivity index (χ0) is 35.8. The number of carbonyl (C=O) groups is 4. The van der Waals surface area contributed by atoms with E-state index in [1.807, 2.05) is 52.0 Å². The molecule has 0 radical (unpaired) electrons. The number of methoxy groups -OCH3 is 1. The summed E-state index contributed by atoms with van der Waals surface area (Å²) in [7, 11) is 1.27. The molecular weight excluding hydrogens is 646 g/mol. The second-order valence-corrected chi connectivity index (χ2v) is 15.2. The first kappa shape index (κ1) is 36.3. The number of aromatic nitrogens is 1. The summed E-state index contributed by atoms with van der Waals surface area (Å²) in [5.41, 5.74) is 0.982. The molecule has 5 fully saturated rings. The van der Waals surface area contributed by atoms with Crippen LogP contribution in [-0.2, 0) is 54.3 Å². The van der Waals surface area contributed by atoms with Crippen LogP contribution in [0.1, 0.15) is 85.1 Å². The molecule has 13 nitrogen and oxygen atoms in total. The molecule has 4 aliphatic heterocycles. The molecule has 10 atom stereocenters. The van der Waals surface area contributed by atoms with Gasteiger partial charge in [-0.25, -0.2) is 14.6 Å². The highest BCUT2D eigenvalue weighted by Crippen LogP contribution is 2.60. The molecule has 1 saturated carbocycles. The van der Waals surface area contributed by atoms with Crippen LogP contribution >= 0.6 is 0 Å². The zero-order valence-corrected chi connectivity index (χ0v) is 29.8. The molecule has 50 heavy (non-hydrogen) atoms. The number of carbonyl (C=O) groups excluding carboxylic acids is 4. The fourth-order valence-electron chi connectivity index (χ4n) is 8.51. The molecule has 2 bridgehead atoms. The Kier molecular flexibility index (Phi) is 10.6. The van der Waals surface area contributed by atoms with E-state index >= 15 is 0 Å². The molecule has 0 unspecified atom stereocenters. The van der Waals surface area contributed by atoms with E-state index in [-0.39, 0.29) is 42.9 Å². The first-order chi connectivity index (χ1) is 23.8. The Bertz CT molecular complexity index is 1580. The molecule has 274 valence electrons. The summed E-state index contributed by atoms with van der Waals surface area (Å²) >= 11 is 0. The average Bonchev–Trinajstić information content (AvgIpc) is 3.35. The second-order valence-electron chi connectivity index (χ2n) is 15.2. The molecular formula is C37H51N3O10. The molecule has 3 N–H and O–H groups in total. The van der Waals surface area contributed by atoms with E-state index in [0.717, 1.165) is 35.7 Å². The topological polar surface area (TPSA) is 164 Å². The van der Waals surface area contributed by atoms with Gasteiger partial charge in [0.2, 0.25) is 23.9 Å². The Morgan fingerprint density at radius 2 is 1.78 bits per heavy atom. The highest BCUT2D eigenvalue weighted by Gasteiger charge is 2.69.